The average Bonchev–Trinajstić information content (AvgIpc) is 3.87. The Morgan fingerprint density at radius 2 is 1.36 bits per heavy atom. The predicted molar refractivity (Wildman–Crippen MR) is 161 cm³/mol. The number of nitrogens with zero attached hydrogens (tertiary/aromatic N) is 2. The number of carbonyl (C=O) groups excluding carboxylic acids is 4. The molecule has 4 amide bonds. The zero-order valence-corrected chi connectivity index (χ0v) is 24.0. The third-order valence-electron chi connectivity index (χ3n) is 7.91. The van der Waals surface area contributed by atoms with Gasteiger partial charge in [-0.25, -0.2) is 0 Å². The van der Waals surface area contributed by atoms with Crippen LogP contribution in [0.5, 0.6) is 5.75 Å². The van der Waals surface area contributed by atoms with Crippen LogP contribution in [-0.4, -0.2) is 66.7 Å². The lowest BCUT2D eigenvalue weighted by Gasteiger charge is -2.31. The Morgan fingerprint density at radius 3 is 1.95 bits per heavy atom. The first-order chi connectivity index (χ1) is 20.3. The number of piperidine rings is 1. The van der Waals surface area contributed by atoms with Gasteiger partial charge < -0.3 is 25.2 Å². The molecule has 2 fully saturated rings. The van der Waals surface area contributed by atoms with Gasteiger partial charge in [-0.15, -0.1) is 0 Å². The zero-order chi connectivity index (χ0) is 29.6. The Morgan fingerprint density at radius 1 is 0.786 bits per heavy atom. The number of carbonyl (C=O) groups is 4. The van der Waals surface area contributed by atoms with E-state index in [0.29, 0.717) is 60.2 Å². The molecule has 9 heteroatoms. The molecule has 5 rings (SSSR count). The largest absolute Gasteiger partial charge is 0.497 e. The maximum atomic E-state index is 12.9. The average molecular weight is 569 g/mol. The standard InChI is InChI=1S/C33H36N4O5/c1-36(28-13-14-28)32(40)24-5-11-26(12-6-24)34-30(38)21-22-3-9-27(10-4-22)35-31(39)23-17-19-37(20-18-23)33(41)25-7-15-29(42-2)16-8-25/h3-12,15-16,23,28H,13-14,17-21H2,1-2H3,(H,34,38)(H,35,39). The fraction of sp³-hybridized carbons (Fsp3) is 0.333. The molecule has 0 spiro atoms. The molecule has 3 aromatic carbocycles. The summed E-state index contributed by atoms with van der Waals surface area (Å²) in [6.07, 6.45) is 3.48. The summed E-state index contributed by atoms with van der Waals surface area (Å²) < 4.78 is 5.15. The third kappa shape index (κ3) is 7.15. The minimum absolute atomic E-state index is 0.00663. The molecule has 1 aliphatic heterocycles. The first kappa shape index (κ1) is 28.9. The van der Waals surface area contributed by atoms with E-state index >= 15 is 0 Å². The summed E-state index contributed by atoms with van der Waals surface area (Å²) in [4.78, 5) is 54.3. The van der Waals surface area contributed by atoms with Crippen molar-refractivity contribution in [2.75, 3.05) is 37.9 Å². The Hall–Kier alpha value is -4.66. The van der Waals surface area contributed by atoms with E-state index in [-0.39, 0.29) is 36.0 Å². The number of rotatable bonds is 9. The SMILES string of the molecule is COc1ccc(C(=O)N2CCC(C(=O)Nc3ccc(CC(=O)Nc4ccc(C(=O)N(C)C5CC5)cc4)cc3)CC2)cc1. The quantitative estimate of drug-likeness (QED) is 0.392. The van der Waals surface area contributed by atoms with Gasteiger partial charge in [-0.2, -0.15) is 0 Å². The van der Waals surface area contributed by atoms with Crippen LogP contribution in [0.1, 0.15) is 52.0 Å². The molecule has 9 nitrogen and oxygen atoms in total. The topological polar surface area (TPSA) is 108 Å². The number of likely N-dealkylation sites (tertiary alicyclic amines) is 1. The molecule has 0 bridgehead atoms. The van der Waals surface area contributed by atoms with Crippen LogP contribution in [0.3, 0.4) is 0 Å². The highest BCUT2D eigenvalue weighted by Gasteiger charge is 2.30. The highest BCUT2D eigenvalue weighted by molar-refractivity contribution is 5.97. The molecule has 2 N–H and O–H groups in total. The smallest absolute Gasteiger partial charge is 0.253 e. The molecule has 218 valence electrons. The van der Waals surface area contributed by atoms with Gasteiger partial charge in [0, 0.05) is 54.6 Å². The fourth-order valence-electron chi connectivity index (χ4n) is 5.13. The molecule has 1 aliphatic carbocycles. The number of anilines is 2. The lowest BCUT2D eigenvalue weighted by atomic mass is 9.95. The van der Waals surface area contributed by atoms with Crippen molar-refractivity contribution in [3.05, 3.63) is 89.5 Å². The van der Waals surface area contributed by atoms with Crippen LogP contribution in [0, 0.1) is 5.92 Å². The highest BCUT2D eigenvalue weighted by Crippen LogP contribution is 2.27. The fourth-order valence-corrected chi connectivity index (χ4v) is 5.13. The normalized spacial score (nSPS) is 15.0. The van der Waals surface area contributed by atoms with Crippen molar-refractivity contribution in [1.29, 1.82) is 0 Å². The molecule has 0 radical (unpaired) electrons. The minimum atomic E-state index is -0.175. The van der Waals surface area contributed by atoms with E-state index in [0.717, 1.165) is 18.4 Å². The summed E-state index contributed by atoms with van der Waals surface area (Å²) in [5, 5.41) is 5.84. The monoisotopic (exact) mass is 568 g/mol. The van der Waals surface area contributed by atoms with E-state index in [9.17, 15) is 19.2 Å². The van der Waals surface area contributed by atoms with Crippen LogP contribution in [0.2, 0.25) is 0 Å². The lowest BCUT2D eigenvalue weighted by molar-refractivity contribution is -0.121. The van der Waals surface area contributed by atoms with Gasteiger partial charge in [-0.05, 0) is 91.9 Å². The molecule has 2 aliphatic rings. The Balaban J connectivity index is 1.06. The molecule has 42 heavy (non-hydrogen) atoms. The summed E-state index contributed by atoms with van der Waals surface area (Å²) >= 11 is 0. The van der Waals surface area contributed by atoms with E-state index < -0.39 is 0 Å². The number of nitrogens with one attached hydrogen (secondary N) is 2. The van der Waals surface area contributed by atoms with Crippen molar-refractivity contribution in [1.82, 2.24) is 9.80 Å². The Labute approximate surface area is 245 Å². The van der Waals surface area contributed by atoms with Gasteiger partial charge in [-0.1, -0.05) is 12.1 Å². The van der Waals surface area contributed by atoms with Crippen LogP contribution in [0.4, 0.5) is 11.4 Å². The van der Waals surface area contributed by atoms with Crippen molar-refractivity contribution in [3.8, 4) is 5.75 Å². The summed E-state index contributed by atoms with van der Waals surface area (Å²) in [7, 11) is 3.41. The number of methoxy groups -OCH3 is 1. The van der Waals surface area contributed by atoms with Crippen LogP contribution in [-0.2, 0) is 16.0 Å². The molecule has 0 atom stereocenters. The second-order valence-corrected chi connectivity index (χ2v) is 10.9. The lowest BCUT2D eigenvalue weighted by Crippen LogP contribution is -2.41. The molecule has 0 aromatic heterocycles. The van der Waals surface area contributed by atoms with E-state index in [1.165, 1.54) is 0 Å². The zero-order valence-electron chi connectivity index (χ0n) is 24.0. The van der Waals surface area contributed by atoms with Crippen molar-refractivity contribution in [3.63, 3.8) is 0 Å². The van der Waals surface area contributed by atoms with E-state index in [2.05, 4.69) is 10.6 Å². The number of hydrogen-bond donors (Lipinski definition) is 2. The van der Waals surface area contributed by atoms with Gasteiger partial charge >= 0.3 is 0 Å². The summed E-state index contributed by atoms with van der Waals surface area (Å²) in [6, 6.07) is 21.6. The third-order valence-corrected chi connectivity index (χ3v) is 7.91. The van der Waals surface area contributed by atoms with Crippen molar-refractivity contribution < 1.29 is 23.9 Å². The minimum Gasteiger partial charge on any atom is -0.497 e. The van der Waals surface area contributed by atoms with Crippen LogP contribution >= 0.6 is 0 Å². The predicted octanol–water partition coefficient (Wildman–Crippen LogP) is 4.60. The van der Waals surface area contributed by atoms with Crippen LogP contribution in [0.25, 0.3) is 0 Å². The number of hydrogen-bond acceptors (Lipinski definition) is 5. The van der Waals surface area contributed by atoms with Gasteiger partial charge in [0.25, 0.3) is 11.8 Å². The van der Waals surface area contributed by atoms with Gasteiger partial charge in [-0.3, -0.25) is 19.2 Å². The second kappa shape index (κ2) is 12.9. The van der Waals surface area contributed by atoms with Crippen molar-refractivity contribution in [2.24, 2.45) is 5.92 Å². The Bertz CT molecular complexity index is 1420. The molecule has 3 aromatic rings. The van der Waals surface area contributed by atoms with Gasteiger partial charge in [0.05, 0.1) is 13.5 Å². The molecular weight excluding hydrogens is 532 g/mol. The molecule has 1 heterocycles. The molecule has 1 saturated carbocycles. The molecule has 0 unspecified atom stereocenters. The molecule has 1 saturated heterocycles. The Kier molecular flexibility index (Phi) is 8.85. The van der Waals surface area contributed by atoms with E-state index in [1.54, 1.807) is 77.6 Å². The first-order valence-corrected chi connectivity index (χ1v) is 14.3. The maximum absolute atomic E-state index is 12.9. The number of benzene rings is 3. The number of amides is 4. The van der Waals surface area contributed by atoms with Crippen LogP contribution in [0.15, 0.2) is 72.8 Å². The van der Waals surface area contributed by atoms with Crippen molar-refractivity contribution in [2.45, 2.75) is 38.1 Å². The van der Waals surface area contributed by atoms with Gasteiger partial charge in [0.15, 0.2) is 0 Å². The summed E-state index contributed by atoms with van der Waals surface area (Å²) in [5.74, 6) is 0.240. The van der Waals surface area contributed by atoms with E-state index in [1.807, 2.05) is 19.2 Å². The van der Waals surface area contributed by atoms with Crippen molar-refractivity contribution >= 4 is 35.0 Å². The number of ether oxygens (including phenoxy) is 1. The van der Waals surface area contributed by atoms with Crippen LogP contribution < -0.4 is 15.4 Å². The maximum Gasteiger partial charge on any atom is 0.253 e. The van der Waals surface area contributed by atoms with Gasteiger partial charge in [0.1, 0.15) is 5.75 Å². The second-order valence-electron chi connectivity index (χ2n) is 10.9. The molecular formula is C33H36N4O5. The first-order valence-electron chi connectivity index (χ1n) is 14.3. The van der Waals surface area contributed by atoms with E-state index in [4.69, 9.17) is 4.74 Å². The highest BCUT2D eigenvalue weighted by atomic mass is 16.5. The summed E-state index contributed by atoms with van der Waals surface area (Å²) in [5.41, 5.74) is 3.32. The summed E-state index contributed by atoms with van der Waals surface area (Å²) in [6.45, 7) is 1.04. The van der Waals surface area contributed by atoms with Gasteiger partial charge in [0.2, 0.25) is 11.8 Å².